The van der Waals surface area contributed by atoms with E-state index in [1.165, 1.54) is 0 Å². The van der Waals surface area contributed by atoms with Gasteiger partial charge in [-0.05, 0) is 25.2 Å². The molecule has 1 amide bonds. The van der Waals surface area contributed by atoms with Gasteiger partial charge in [0.15, 0.2) is 0 Å². The Morgan fingerprint density at radius 3 is 2.54 bits per heavy atom. The monoisotopic (exact) mass is 185 g/mol. The minimum atomic E-state index is -0.242. The van der Waals surface area contributed by atoms with Crippen LogP contribution in [0.2, 0.25) is 0 Å². The molecule has 0 unspecified atom stereocenters. The summed E-state index contributed by atoms with van der Waals surface area (Å²) in [6.45, 7) is 4.29. The van der Waals surface area contributed by atoms with E-state index in [1.54, 1.807) is 0 Å². The van der Waals surface area contributed by atoms with Crippen LogP contribution in [0.4, 0.5) is 0 Å². The Bertz CT molecular complexity index is 185. The van der Waals surface area contributed by atoms with Crippen LogP contribution in [-0.4, -0.2) is 23.2 Å². The highest BCUT2D eigenvalue weighted by molar-refractivity contribution is 5.77. The van der Waals surface area contributed by atoms with Crippen molar-refractivity contribution in [3.63, 3.8) is 0 Å². The highest BCUT2D eigenvalue weighted by Crippen LogP contribution is 2.34. The zero-order chi connectivity index (χ0) is 9.90. The van der Waals surface area contributed by atoms with Gasteiger partial charge in [0.1, 0.15) is 0 Å². The van der Waals surface area contributed by atoms with Crippen molar-refractivity contribution in [3.05, 3.63) is 0 Å². The number of hydrogen-bond donors (Lipinski definition) is 2. The fraction of sp³-hybridized carbons (Fsp3) is 0.900. The van der Waals surface area contributed by atoms with E-state index in [2.05, 4.69) is 19.2 Å². The van der Waals surface area contributed by atoms with Gasteiger partial charge in [-0.15, -0.1) is 0 Å². The van der Waals surface area contributed by atoms with Crippen molar-refractivity contribution in [3.8, 4) is 0 Å². The average molecular weight is 185 g/mol. The lowest BCUT2D eigenvalue weighted by atomic mass is 10.1. The second kappa shape index (κ2) is 4.09. The Hall–Kier alpha value is -0.570. The van der Waals surface area contributed by atoms with Crippen molar-refractivity contribution < 1.29 is 9.90 Å². The summed E-state index contributed by atoms with van der Waals surface area (Å²) in [4.78, 5) is 11.3. The van der Waals surface area contributed by atoms with E-state index in [0.29, 0.717) is 12.3 Å². The molecule has 0 radical (unpaired) electrons. The standard InChI is InChI=1S/C10H19NO2/c1-8(2)3-4-9(13)11-10(7-12)5-6-10/h8,12H,3-7H2,1-2H3,(H,11,13). The molecule has 0 aromatic carbocycles. The summed E-state index contributed by atoms with van der Waals surface area (Å²) in [6.07, 6.45) is 3.36. The molecular formula is C10H19NO2. The van der Waals surface area contributed by atoms with E-state index in [1.807, 2.05) is 0 Å². The summed E-state index contributed by atoms with van der Waals surface area (Å²) in [6, 6.07) is 0. The number of aliphatic hydroxyl groups excluding tert-OH is 1. The zero-order valence-corrected chi connectivity index (χ0v) is 8.47. The zero-order valence-electron chi connectivity index (χ0n) is 8.47. The molecule has 0 aliphatic heterocycles. The first kappa shape index (κ1) is 10.5. The van der Waals surface area contributed by atoms with E-state index in [4.69, 9.17) is 5.11 Å². The molecule has 0 bridgehead atoms. The molecule has 1 aliphatic rings. The predicted octanol–water partition coefficient (Wildman–Crippen LogP) is 1.06. The highest BCUT2D eigenvalue weighted by atomic mass is 16.3. The minimum Gasteiger partial charge on any atom is -0.394 e. The maximum absolute atomic E-state index is 11.3. The van der Waals surface area contributed by atoms with E-state index >= 15 is 0 Å². The quantitative estimate of drug-likeness (QED) is 0.673. The third-order valence-electron chi connectivity index (χ3n) is 2.51. The van der Waals surface area contributed by atoms with Crippen molar-refractivity contribution in [1.29, 1.82) is 0 Å². The molecule has 1 aliphatic carbocycles. The van der Waals surface area contributed by atoms with Crippen molar-refractivity contribution >= 4 is 5.91 Å². The number of carbonyl (C=O) groups is 1. The minimum absolute atomic E-state index is 0.0836. The molecule has 3 nitrogen and oxygen atoms in total. The van der Waals surface area contributed by atoms with Crippen molar-refractivity contribution in [1.82, 2.24) is 5.32 Å². The van der Waals surface area contributed by atoms with Crippen LogP contribution in [0.25, 0.3) is 0 Å². The largest absolute Gasteiger partial charge is 0.394 e. The Balaban J connectivity index is 2.18. The van der Waals surface area contributed by atoms with Gasteiger partial charge in [-0.1, -0.05) is 13.8 Å². The molecule has 13 heavy (non-hydrogen) atoms. The average Bonchev–Trinajstić information content (AvgIpc) is 2.82. The Labute approximate surface area is 79.5 Å². The van der Waals surface area contributed by atoms with Gasteiger partial charge in [0.05, 0.1) is 12.1 Å². The van der Waals surface area contributed by atoms with Crippen LogP contribution in [-0.2, 0) is 4.79 Å². The second-order valence-electron chi connectivity index (χ2n) is 4.42. The van der Waals surface area contributed by atoms with E-state index < -0.39 is 0 Å². The molecule has 1 fully saturated rings. The van der Waals surface area contributed by atoms with Crippen LogP contribution in [0.3, 0.4) is 0 Å². The van der Waals surface area contributed by atoms with E-state index in [9.17, 15) is 4.79 Å². The predicted molar refractivity (Wildman–Crippen MR) is 51.3 cm³/mol. The van der Waals surface area contributed by atoms with Crippen LogP contribution in [0.15, 0.2) is 0 Å². The fourth-order valence-corrected chi connectivity index (χ4v) is 1.25. The number of amides is 1. The second-order valence-corrected chi connectivity index (χ2v) is 4.42. The van der Waals surface area contributed by atoms with Crippen molar-refractivity contribution in [2.45, 2.75) is 45.1 Å². The van der Waals surface area contributed by atoms with Crippen LogP contribution < -0.4 is 5.32 Å². The molecule has 2 N–H and O–H groups in total. The van der Waals surface area contributed by atoms with Crippen molar-refractivity contribution in [2.75, 3.05) is 6.61 Å². The Morgan fingerprint density at radius 2 is 2.15 bits per heavy atom. The first-order valence-electron chi connectivity index (χ1n) is 5.00. The van der Waals surface area contributed by atoms with Gasteiger partial charge in [-0.25, -0.2) is 0 Å². The lowest BCUT2D eigenvalue weighted by Crippen LogP contribution is -2.39. The Kier molecular flexibility index (Phi) is 3.31. The summed E-state index contributed by atoms with van der Waals surface area (Å²) in [5, 5.41) is 11.9. The molecule has 0 aromatic heterocycles. The highest BCUT2D eigenvalue weighted by Gasteiger charge is 2.43. The molecule has 76 valence electrons. The maximum atomic E-state index is 11.3. The topological polar surface area (TPSA) is 49.3 Å². The number of hydrogen-bond acceptors (Lipinski definition) is 2. The van der Waals surface area contributed by atoms with E-state index in [0.717, 1.165) is 19.3 Å². The van der Waals surface area contributed by atoms with Gasteiger partial charge in [0.2, 0.25) is 5.91 Å². The molecule has 0 heterocycles. The number of carbonyl (C=O) groups excluding carboxylic acids is 1. The molecule has 1 saturated carbocycles. The summed E-state index contributed by atoms with van der Waals surface area (Å²) in [5.41, 5.74) is -0.242. The summed E-state index contributed by atoms with van der Waals surface area (Å²) in [7, 11) is 0. The lowest BCUT2D eigenvalue weighted by molar-refractivity contribution is -0.122. The number of rotatable bonds is 5. The van der Waals surface area contributed by atoms with Crippen LogP contribution >= 0.6 is 0 Å². The lowest BCUT2D eigenvalue weighted by Gasteiger charge is -2.14. The summed E-state index contributed by atoms with van der Waals surface area (Å²) < 4.78 is 0. The molecular weight excluding hydrogens is 166 g/mol. The summed E-state index contributed by atoms with van der Waals surface area (Å²) >= 11 is 0. The van der Waals surface area contributed by atoms with E-state index in [-0.39, 0.29) is 18.1 Å². The smallest absolute Gasteiger partial charge is 0.220 e. The number of aliphatic hydroxyl groups is 1. The normalized spacial score (nSPS) is 18.8. The van der Waals surface area contributed by atoms with Crippen LogP contribution in [0, 0.1) is 5.92 Å². The fourth-order valence-electron chi connectivity index (χ4n) is 1.25. The van der Waals surface area contributed by atoms with Gasteiger partial charge < -0.3 is 10.4 Å². The van der Waals surface area contributed by atoms with Gasteiger partial charge in [0, 0.05) is 6.42 Å². The van der Waals surface area contributed by atoms with Gasteiger partial charge in [-0.2, -0.15) is 0 Å². The third-order valence-corrected chi connectivity index (χ3v) is 2.51. The van der Waals surface area contributed by atoms with Crippen molar-refractivity contribution in [2.24, 2.45) is 5.92 Å². The van der Waals surface area contributed by atoms with Crippen LogP contribution in [0.1, 0.15) is 39.5 Å². The molecule has 0 spiro atoms. The molecule has 0 saturated heterocycles. The van der Waals surface area contributed by atoms with Gasteiger partial charge in [-0.3, -0.25) is 4.79 Å². The Morgan fingerprint density at radius 1 is 1.54 bits per heavy atom. The van der Waals surface area contributed by atoms with Gasteiger partial charge in [0.25, 0.3) is 0 Å². The molecule has 0 aromatic rings. The van der Waals surface area contributed by atoms with Gasteiger partial charge >= 0.3 is 0 Å². The summed E-state index contributed by atoms with van der Waals surface area (Å²) in [5.74, 6) is 0.648. The first-order chi connectivity index (χ1) is 6.08. The maximum Gasteiger partial charge on any atom is 0.220 e. The SMILES string of the molecule is CC(C)CCC(=O)NC1(CO)CC1. The first-order valence-corrected chi connectivity index (χ1v) is 5.00. The number of nitrogens with one attached hydrogen (secondary N) is 1. The molecule has 0 atom stereocenters. The molecule has 3 heteroatoms. The molecule has 1 rings (SSSR count). The third kappa shape index (κ3) is 3.35. The van der Waals surface area contributed by atoms with Crippen LogP contribution in [0.5, 0.6) is 0 Å².